The highest BCUT2D eigenvalue weighted by Gasteiger charge is 2.28. The van der Waals surface area contributed by atoms with E-state index in [0.29, 0.717) is 22.0 Å². The number of nitrogens with one attached hydrogen (secondary N) is 1. The summed E-state index contributed by atoms with van der Waals surface area (Å²) in [6.45, 7) is 3.69. The lowest BCUT2D eigenvalue weighted by atomic mass is 9.95. The van der Waals surface area contributed by atoms with Crippen LogP contribution in [-0.4, -0.2) is 33.9 Å². The monoisotopic (exact) mass is 525 g/mol. The molecule has 0 unspecified atom stereocenters. The van der Waals surface area contributed by atoms with E-state index in [0.717, 1.165) is 36.1 Å². The van der Waals surface area contributed by atoms with Crippen molar-refractivity contribution in [2.45, 2.75) is 30.6 Å². The van der Waals surface area contributed by atoms with Crippen molar-refractivity contribution >= 4 is 43.9 Å². The number of anilines is 2. The molecule has 2 aromatic carbocycles. The smallest absolute Gasteiger partial charge is 0.264 e. The Hall–Kier alpha value is -3.63. The van der Waals surface area contributed by atoms with Crippen LogP contribution in [0.25, 0.3) is 0 Å². The summed E-state index contributed by atoms with van der Waals surface area (Å²) in [6.07, 6.45) is 5.05. The number of rotatable bonds is 9. The molecule has 188 valence electrons. The largest absolute Gasteiger partial charge is 0.495 e. The molecule has 0 aliphatic heterocycles. The van der Waals surface area contributed by atoms with Crippen LogP contribution >= 0.6 is 11.3 Å². The van der Waals surface area contributed by atoms with Crippen molar-refractivity contribution in [2.24, 2.45) is 5.73 Å². The summed E-state index contributed by atoms with van der Waals surface area (Å²) in [4.78, 5) is 26.3. The summed E-state index contributed by atoms with van der Waals surface area (Å²) in [5.41, 5.74) is 7.37. The highest BCUT2D eigenvalue weighted by molar-refractivity contribution is 7.92. The lowest BCUT2D eigenvalue weighted by Crippen LogP contribution is -2.31. The minimum Gasteiger partial charge on any atom is -0.495 e. The van der Waals surface area contributed by atoms with E-state index in [-0.39, 0.29) is 17.0 Å². The summed E-state index contributed by atoms with van der Waals surface area (Å²) < 4.78 is 33.8. The van der Waals surface area contributed by atoms with Gasteiger partial charge in [-0.05, 0) is 61.6 Å². The molecule has 0 saturated heterocycles. The number of benzene rings is 2. The first-order valence-corrected chi connectivity index (χ1v) is 13.7. The molecule has 0 radical (unpaired) electrons. The lowest BCUT2D eigenvalue weighted by molar-refractivity contribution is 0.100. The van der Waals surface area contributed by atoms with Crippen LogP contribution < -0.4 is 20.1 Å². The van der Waals surface area contributed by atoms with E-state index in [4.69, 9.17) is 10.5 Å². The molecule has 36 heavy (non-hydrogen) atoms. The van der Waals surface area contributed by atoms with Crippen LogP contribution in [0.4, 0.5) is 10.7 Å². The van der Waals surface area contributed by atoms with E-state index in [9.17, 15) is 18.0 Å². The number of carbonyl (C=O) groups is 2. The molecule has 0 saturated carbocycles. The predicted molar refractivity (Wildman–Crippen MR) is 142 cm³/mol. The van der Waals surface area contributed by atoms with Gasteiger partial charge in [0.15, 0.2) is 0 Å². The van der Waals surface area contributed by atoms with E-state index in [1.807, 2.05) is 0 Å². The molecule has 0 fully saturated rings. The minimum absolute atomic E-state index is 0.00184. The molecular formula is C26H27N3O5S2. The molecule has 1 aliphatic carbocycles. The Kier molecular flexibility index (Phi) is 7.46. The SMILES string of the molecule is C=CCN(c1ccccc1OC)S(=O)(=O)c1cccc(C(=O)Nc2sc3c(c2C(N)=O)CCCC3)c1. The Morgan fingerprint density at radius 2 is 1.92 bits per heavy atom. The summed E-state index contributed by atoms with van der Waals surface area (Å²) in [5, 5.41) is 3.18. The molecule has 4 rings (SSSR count). The van der Waals surface area contributed by atoms with Crippen molar-refractivity contribution in [2.75, 3.05) is 23.3 Å². The average molecular weight is 526 g/mol. The fourth-order valence-corrected chi connectivity index (χ4v) is 7.08. The van der Waals surface area contributed by atoms with Gasteiger partial charge in [0.1, 0.15) is 10.8 Å². The first kappa shape index (κ1) is 25.5. The molecule has 0 atom stereocenters. The lowest BCUT2D eigenvalue weighted by Gasteiger charge is -2.25. The van der Waals surface area contributed by atoms with E-state index < -0.39 is 21.8 Å². The van der Waals surface area contributed by atoms with Gasteiger partial charge < -0.3 is 15.8 Å². The van der Waals surface area contributed by atoms with Crippen LogP contribution in [0.3, 0.4) is 0 Å². The van der Waals surface area contributed by atoms with Crippen molar-refractivity contribution in [1.82, 2.24) is 0 Å². The number of nitrogens with zero attached hydrogens (tertiary/aromatic N) is 1. The third-order valence-corrected chi connectivity index (χ3v) is 8.96. The molecule has 3 N–H and O–H groups in total. The summed E-state index contributed by atoms with van der Waals surface area (Å²) >= 11 is 1.35. The number of ether oxygens (including phenoxy) is 1. The van der Waals surface area contributed by atoms with Gasteiger partial charge >= 0.3 is 0 Å². The van der Waals surface area contributed by atoms with Gasteiger partial charge in [0.25, 0.3) is 21.8 Å². The number of hydrogen-bond donors (Lipinski definition) is 2. The van der Waals surface area contributed by atoms with Crippen LogP contribution in [0, 0.1) is 0 Å². The third kappa shape index (κ3) is 4.87. The molecule has 3 aromatic rings. The number of para-hydroxylation sites is 2. The minimum atomic E-state index is -4.07. The number of hydrogen-bond acceptors (Lipinski definition) is 6. The second-order valence-electron chi connectivity index (χ2n) is 8.26. The van der Waals surface area contributed by atoms with Gasteiger partial charge in [-0.15, -0.1) is 17.9 Å². The number of methoxy groups -OCH3 is 1. The van der Waals surface area contributed by atoms with Crippen LogP contribution in [0.5, 0.6) is 5.75 Å². The molecule has 0 bridgehead atoms. The molecule has 2 amide bonds. The van der Waals surface area contributed by atoms with Gasteiger partial charge in [0.05, 0.1) is 29.8 Å². The molecule has 10 heteroatoms. The topological polar surface area (TPSA) is 119 Å². The second kappa shape index (κ2) is 10.5. The molecule has 8 nitrogen and oxygen atoms in total. The van der Waals surface area contributed by atoms with Gasteiger partial charge in [0.2, 0.25) is 0 Å². The van der Waals surface area contributed by atoms with Gasteiger partial charge in [-0.1, -0.05) is 24.3 Å². The maximum Gasteiger partial charge on any atom is 0.264 e. The number of nitrogens with two attached hydrogens (primary N) is 1. The standard InChI is InChI=1S/C26H27N3O5S2/c1-3-15-29(20-12-5-6-13-21(20)34-2)36(32,33)18-10-8-9-17(16-18)25(31)28-26-23(24(27)30)19-11-4-7-14-22(19)35-26/h3,5-6,8-10,12-13,16H,1,4,7,11,14-15H2,2H3,(H2,27,30)(H,28,31). The molecule has 1 heterocycles. The van der Waals surface area contributed by atoms with E-state index in [1.54, 1.807) is 24.3 Å². The Labute approximate surface area is 214 Å². The van der Waals surface area contributed by atoms with Gasteiger partial charge in [-0.2, -0.15) is 0 Å². The Morgan fingerprint density at radius 1 is 1.17 bits per heavy atom. The number of thiophene rings is 1. The van der Waals surface area contributed by atoms with Gasteiger partial charge in [-0.3, -0.25) is 13.9 Å². The normalized spacial score (nSPS) is 12.9. The fraction of sp³-hybridized carbons (Fsp3) is 0.231. The molecule has 1 aromatic heterocycles. The number of fused-ring (bicyclic) bond motifs is 1. The molecule has 1 aliphatic rings. The van der Waals surface area contributed by atoms with Crippen LogP contribution in [0.1, 0.15) is 44.0 Å². The number of aryl methyl sites for hydroxylation is 1. The van der Waals surface area contributed by atoms with Crippen LogP contribution in [0.15, 0.2) is 66.1 Å². The highest BCUT2D eigenvalue weighted by Crippen LogP contribution is 2.38. The third-order valence-electron chi connectivity index (χ3n) is 5.98. The predicted octanol–water partition coefficient (Wildman–Crippen LogP) is 4.37. The van der Waals surface area contributed by atoms with Crippen molar-refractivity contribution in [3.05, 3.63) is 82.8 Å². The first-order chi connectivity index (χ1) is 17.3. The molecule has 0 spiro atoms. The maximum absolute atomic E-state index is 13.6. The highest BCUT2D eigenvalue weighted by atomic mass is 32.2. The van der Waals surface area contributed by atoms with Gasteiger partial charge in [-0.25, -0.2) is 8.42 Å². The number of carbonyl (C=O) groups excluding carboxylic acids is 2. The van der Waals surface area contributed by atoms with Crippen molar-refractivity contribution in [3.8, 4) is 5.75 Å². The zero-order valence-corrected chi connectivity index (χ0v) is 21.5. The summed E-state index contributed by atoms with van der Waals surface area (Å²) in [5.74, 6) is -0.726. The van der Waals surface area contributed by atoms with E-state index in [1.165, 1.54) is 53.1 Å². The van der Waals surface area contributed by atoms with Crippen LogP contribution in [-0.2, 0) is 22.9 Å². The van der Waals surface area contributed by atoms with Crippen molar-refractivity contribution in [3.63, 3.8) is 0 Å². The first-order valence-electron chi connectivity index (χ1n) is 11.4. The van der Waals surface area contributed by atoms with Crippen molar-refractivity contribution < 1.29 is 22.7 Å². The fourth-order valence-electron chi connectivity index (χ4n) is 4.29. The quantitative estimate of drug-likeness (QED) is 0.402. The van der Waals surface area contributed by atoms with Crippen molar-refractivity contribution in [1.29, 1.82) is 0 Å². The maximum atomic E-state index is 13.6. The van der Waals surface area contributed by atoms with E-state index in [2.05, 4.69) is 11.9 Å². The number of sulfonamides is 1. The zero-order chi connectivity index (χ0) is 25.9. The number of amides is 2. The van der Waals surface area contributed by atoms with Crippen LogP contribution in [0.2, 0.25) is 0 Å². The van der Waals surface area contributed by atoms with E-state index >= 15 is 0 Å². The molecular weight excluding hydrogens is 498 g/mol. The Morgan fingerprint density at radius 3 is 2.64 bits per heavy atom. The summed E-state index contributed by atoms with van der Waals surface area (Å²) in [6, 6.07) is 12.5. The number of primary amides is 1. The Bertz CT molecular complexity index is 1430. The Balaban J connectivity index is 1.67. The average Bonchev–Trinajstić information content (AvgIpc) is 3.25. The second-order valence-corrected chi connectivity index (χ2v) is 11.2. The summed E-state index contributed by atoms with van der Waals surface area (Å²) in [7, 11) is -2.61. The zero-order valence-electron chi connectivity index (χ0n) is 19.8. The van der Waals surface area contributed by atoms with Gasteiger partial charge in [0, 0.05) is 10.4 Å².